The summed E-state index contributed by atoms with van der Waals surface area (Å²) in [6, 6.07) is 14.7. The smallest absolute Gasteiger partial charge is 0.308 e. The van der Waals surface area contributed by atoms with Crippen molar-refractivity contribution in [2.24, 2.45) is 0 Å². The van der Waals surface area contributed by atoms with Crippen LogP contribution in [0.4, 0.5) is 0 Å². The van der Waals surface area contributed by atoms with Crippen molar-refractivity contribution in [1.29, 1.82) is 0 Å². The highest BCUT2D eigenvalue weighted by Crippen LogP contribution is 2.44. The third kappa shape index (κ3) is 5.96. The summed E-state index contributed by atoms with van der Waals surface area (Å²) in [5.41, 5.74) is 3.38. The van der Waals surface area contributed by atoms with E-state index in [0.29, 0.717) is 37.5 Å². The molecular weight excluding hydrogens is 552 g/mol. The van der Waals surface area contributed by atoms with Crippen LogP contribution in [0, 0.1) is 6.92 Å². The van der Waals surface area contributed by atoms with Gasteiger partial charge in [0.25, 0.3) is 0 Å². The van der Waals surface area contributed by atoms with Crippen LogP contribution in [0.2, 0.25) is 0 Å². The van der Waals surface area contributed by atoms with Crippen molar-refractivity contribution in [1.82, 2.24) is 0 Å². The van der Waals surface area contributed by atoms with E-state index in [4.69, 9.17) is 14.2 Å². The zero-order chi connectivity index (χ0) is 24.3. The maximum absolute atomic E-state index is 11.3. The molecule has 0 aliphatic heterocycles. The van der Waals surface area contributed by atoms with Gasteiger partial charge in [-0.05, 0) is 74.5 Å². The Morgan fingerprint density at radius 2 is 1.52 bits per heavy atom. The lowest BCUT2D eigenvalue weighted by molar-refractivity contribution is -0.131. The molecule has 3 aromatic carbocycles. The minimum absolute atomic E-state index is 0.172. The SMILES string of the molecule is COc1cc(C(O)c2ccc(C)cc2)c(Oc2c(Br)cc(OC(C)=O)cc2Br)cc1C(C)C. The molecule has 1 N–H and O–H groups in total. The molecular formula is C26H26Br2O5. The molecule has 0 fully saturated rings. The van der Waals surface area contributed by atoms with Crippen molar-refractivity contribution in [2.45, 2.75) is 39.7 Å². The number of aliphatic hydroxyl groups excluding tert-OH is 1. The Kier molecular flexibility index (Phi) is 8.21. The van der Waals surface area contributed by atoms with Crippen molar-refractivity contribution >= 4 is 37.8 Å². The fourth-order valence-electron chi connectivity index (χ4n) is 3.42. The second-order valence-electron chi connectivity index (χ2n) is 8.01. The average molecular weight is 578 g/mol. The van der Waals surface area contributed by atoms with E-state index >= 15 is 0 Å². The topological polar surface area (TPSA) is 65.0 Å². The van der Waals surface area contributed by atoms with Crippen LogP contribution >= 0.6 is 31.9 Å². The number of rotatable bonds is 7. The van der Waals surface area contributed by atoms with Gasteiger partial charge in [-0.2, -0.15) is 0 Å². The Morgan fingerprint density at radius 1 is 0.939 bits per heavy atom. The molecule has 7 heteroatoms. The Bertz CT molecular complexity index is 1130. The molecule has 0 saturated heterocycles. The first-order valence-corrected chi connectivity index (χ1v) is 12.0. The molecule has 0 bridgehead atoms. The fraction of sp³-hybridized carbons (Fsp3) is 0.269. The molecule has 1 unspecified atom stereocenters. The number of aryl methyl sites for hydroxylation is 1. The van der Waals surface area contributed by atoms with Crippen LogP contribution in [0.25, 0.3) is 0 Å². The van der Waals surface area contributed by atoms with Crippen LogP contribution in [0.1, 0.15) is 55.0 Å². The number of halogens is 2. The number of hydrogen-bond acceptors (Lipinski definition) is 5. The molecule has 0 saturated carbocycles. The first-order valence-electron chi connectivity index (χ1n) is 10.4. The quantitative estimate of drug-likeness (QED) is 0.233. The van der Waals surface area contributed by atoms with Gasteiger partial charge < -0.3 is 19.3 Å². The lowest BCUT2D eigenvalue weighted by Gasteiger charge is -2.22. The summed E-state index contributed by atoms with van der Waals surface area (Å²) >= 11 is 7.00. The lowest BCUT2D eigenvalue weighted by atomic mass is 9.94. The molecule has 3 rings (SSSR count). The van der Waals surface area contributed by atoms with E-state index < -0.39 is 12.1 Å². The summed E-state index contributed by atoms with van der Waals surface area (Å²) < 4.78 is 18.3. The van der Waals surface area contributed by atoms with Gasteiger partial charge in [0.2, 0.25) is 0 Å². The van der Waals surface area contributed by atoms with Gasteiger partial charge in [0.1, 0.15) is 23.4 Å². The van der Waals surface area contributed by atoms with Crippen molar-refractivity contribution in [3.63, 3.8) is 0 Å². The van der Waals surface area contributed by atoms with E-state index in [1.807, 2.05) is 43.3 Å². The Labute approximate surface area is 210 Å². The van der Waals surface area contributed by atoms with Gasteiger partial charge in [-0.15, -0.1) is 0 Å². The highest BCUT2D eigenvalue weighted by atomic mass is 79.9. The van der Waals surface area contributed by atoms with E-state index in [9.17, 15) is 9.90 Å². The molecule has 0 heterocycles. The number of hydrogen-bond donors (Lipinski definition) is 1. The van der Waals surface area contributed by atoms with Crippen molar-refractivity contribution in [3.05, 3.63) is 79.7 Å². The van der Waals surface area contributed by atoms with Gasteiger partial charge in [-0.25, -0.2) is 0 Å². The number of methoxy groups -OCH3 is 1. The number of aliphatic hydroxyl groups is 1. The molecule has 0 radical (unpaired) electrons. The third-order valence-electron chi connectivity index (χ3n) is 5.12. The summed E-state index contributed by atoms with van der Waals surface area (Å²) in [7, 11) is 1.62. The molecule has 0 aliphatic carbocycles. The van der Waals surface area contributed by atoms with Gasteiger partial charge in [0.15, 0.2) is 5.75 Å². The third-order valence-corrected chi connectivity index (χ3v) is 6.30. The minimum atomic E-state index is -0.923. The normalized spacial score (nSPS) is 11.9. The van der Waals surface area contributed by atoms with Gasteiger partial charge >= 0.3 is 5.97 Å². The summed E-state index contributed by atoms with van der Waals surface area (Å²) in [6.07, 6.45) is -0.923. The van der Waals surface area contributed by atoms with E-state index in [-0.39, 0.29) is 5.92 Å². The predicted octanol–water partition coefficient (Wildman–Crippen LogP) is 7.45. The predicted molar refractivity (Wildman–Crippen MR) is 136 cm³/mol. The molecule has 174 valence electrons. The van der Waals surface area contributed by atoms with Crippen molar-refractivity contribution in [3.8, 4) is 23.0 Å². The largest absolute Gasteiger partial charge is 0.496 e. The Hall–Kier alpha value is -2.35. The van der Waals surface area contributed by atoms with Crippen LogP contribution < -0.4 is 14.2 Å². The second kappa shape index (κ2) is 10.7. The minimum Gasteiger partial charge on any atom is -0.496 e. The molecule has 0 spiro atoms. The maximum Gasteiger partial charge on any atom is 0.308 e. The van der Waals surface area contributed by atoms with Gasteiger partial charge in [-0.1, -0.05) is 43.7 Å². The van der Waals surface area contributed by atoms with Gasteiger partial charge in [0.05, 0.1) is 16.1 Å². The highest BCUT2D eigenvalue weighted by molar-refractivity contribution is 9.11. The Morgan fingerprint density at radius 3 is 2.03 bits per heavy atom. The number of carbonyl (C=O) groups excluding carboxylic acids is 1. The molecule has 5 nitrogen and oxygen atoms in total. The molecule has 1 atom stereocenters. The maximum atomic E-state index is 11.3. The summed E-state index contributed by atoms with van der Waals surface area (Å²) in [5, 5.41) is 11.3. The zero-order valence-electron chi connectivity index (χ0n) is 19.1. The number of carbonyl (C=O) groups is 1. The molecule has 0 aromatic heterocycles. The molecule has 3 aromatic rings. The van der Waals surface area contributed by atoms with Gasteiger partial charge in [-0.3, -0.25) is 4.79 Å². The fourth-order valence-corrected chi connectivity index (χ4v) is 4.73. The second-order valence-corrected chi connectivity index (χ2v) is 9.72. The molecule has 33 heavy (non-hydrogen) atoms. The van der Waals surface area contributed by atoms with Crippen LogP contribution in [-0.4, -0.2) is 18.2 Å². The number of benzene rings is 3. The van der Waals surface area contributed by atoms with Gasteiger partial charge in [0, 0.05) is 18.1 Å². The summed E-state index contributed by atoms with van der Waals surface area (Å²) in [4.78, 5) is 11.3. The van der Waals surface area contributed by atoms with Crippen molar-refractivity contribution < 1.29 is 24.1 Å². The Balaban J connectivity index is 2.12. The first kappa shape index (κ1) is 25.3. The highest BCUT2D eigenvalue weighted by Gasteiger charge is 2.23. The van der Waals surface area contributed by atoms with E-state index in [1.54, 1.807) is 19.2 Å². The summed E-state index contributed by atoms with van der Waals surface area (Å²) in [6.45, 7) is 7.48. The van der Waals surface area contributed by atoms with Crippen LogP contribution in [0.3, 0.4) is 0 Å². The van der Waals surface area contributed by atoms with E-state index in [1.165, 1.54) is 6.92 Å². The lowest BCUT2D eigenvalue weighted by Crippen LogP contribution is -2.06. The van der Waals surface area contributed by atoms with E-state index in [2.05, 4.69) is 45.7 Å². The number of esters is 1. The van der Waals surface area contributed by atoms with Crippen LogP contribution in [0.5, 0.6) is 23.0 Å². The molecule has 0 amide bonds. The van der Waals surface area contributed by atoms with Crippen LogP contribution in [-0.2, 0) is 4.79 Å². The van der Waals surface area contributed by atoms with Crippen molar-refractivity contribution in [2.75, 3.05) is 7.11 Å². The average Bonchev–Trinajstić information content (AvgIpc) is 2.75. The zero-order valence-corrected chi connectivity index (χ0v) is 22.3. The molecule has 0 aliphatic rings. The standard InChI is InChI=1S/C26H26Br2O5/c1-14(2)19-12-24(33-26-21(27)10-18(11-22(26)28)32-16(4)29)20(13-23(19)31-5)25(30)17-8-6-15(3)7-9-17/h6-14,25,30H,1-5H3. The first-order chi connectivity index (χ1) is 15.6. The van der Waals surface area contributed by atoms with E-state index in [0.717, 1.165) is 16.7 Å². The summed E-state index contributed by atoms with van der Waals surface area (Å²) in [5.74, 6) is 1.80. The number of ether oxygens (including phenoxy) is 3. The monoisotopic (exact) mass is 576 g/mol. The van der Waals surface area contributed by atoms with Crippen LogP contribution in [0.15, 0.2) is 57.5 Å².